The zero-order chi connectivity index (χ0) is 14.3. The maximum absolute atomic E-state index is 6.42. The van der Waals surface area contributed by atoms with Crippen LogP contribution in [0.5, 0.6) is 0 Å². The topological polar surface area (TPSA) is 28.2 Å². The van der Waals surface area contributed by atoms with Gasteiger partial charge in [0.15, 0.2) is 0 Å². The second kappa shape index (κ2) is 5.49. The van der Waals surface area contributed by atoms with E-state index in [0.29, 0.717) is 10.0 Å². The second-order valence-corrected chi connectivity index (χ2v) is 6.16. The fourth-order valence-electron chi connectivity index (χ4n) is 2.90. The van der Waals surface area contributed by atoms with Crippen molar-refractivity contribution in [1.29, 1.82) is 0 Å². The van der Waals surface area contributed by atoms with E-state index in [4.69, 9.17) is 28.2 Å². The van der Waals surface area contributed by atoms with Gasteiger partial charge in [-0.25, -0.2) is 0 Å². The van der Waals surface area contributed by atoms with Gasteiger partial charge in [-0.1, -0.05) is 23.2 Å². The van der Waals surface area contributed by atoms with Crippen LogP contribution in [0.15, 0.2) is 12.1 Å². The molecule has 0 unspecified atom stereocenters. The van der Waals surface area contributed by atoms with Gasteiger partial charge in [0.25, 0.3) is 0 Å². The average Bonchev–Trinajstić information content (AvgIpc) is 2.38. The molecule has 1 N–H and O–H groups in total. The number of hydrogen-bond donors (Lipinski definition) is 1. The molecule has 5 heteroatoms. The van der Waals surface area contributed by atoms with Gasteiger partial charge in [-0.05, 0) is 37.4 Å². The van der Waals surface area contributed by atoms with Gasteiger partial charge in [-0.2, -0.15) is 0 Å². The van der Waals surface area contributed by atoms with Crippen molar-refractivity contribution < 1.29 is 0 Å². The molecule has 0 saturated heterocycles. The summed E-state index contributed by atoms with van der Waals surface area (Å²) in [4.78, 5) is 7.11. The van der Waals surface area contributed by atoms with Crippen molar-refractivity contribution in [2.75, 3.05) is 20.6 Å². The number of rotatable bonds is 2. The summed E-state index contributed by atoms with van der Waals surface area (Å²) in [5.74, 6) is 0. The Balaban J connectivity index is 2.33. The molecule has 0 bridgehead atoms. The molecule has 0 amide bonds. The number of likely N-dealkylation sites (N-methyl/N-ethyl adjacent to an activating group) is 1. The summed E-state index contributed by atoms with van der Waals surface area (Å²) < 4.78 is 0. The van der Waals surface area contributed by atoms with E-state index in [-0.39, 0.29) is 0 Å². The van der Waals surface area contributed by atoms with Gasteiger partial charge in [0.05, 0.1) is 10.5 Å². The first-order valence-corrected chi connectivity index (χ1v) is 7.48. The Bertz CT molecular complexity index is 670. The monoisotopic (exact) mass is 309 g/mol. The zero-order valence-electron chi connectivity index (χ0n) is 11.6. The summed E-state index contributed by atoms with van der Waals surface area (Å²) >= 11 is 12.5. The Hall–Kier alpha value is -0.870. The number of nitrogens with zero attached hydrogens (tertiary/aromatic N) is 2. The molecule has 2 aromatic rings. The molecule has 3 rings (SSSR count). The van der Waals surface area contributed by atoms with Crippen LogP contribution in [0.25, 0.3) is 10.9 Å². The van der Waals surface area contributed by atoms with E-state index in [0.717, 1.165) is 37.0 Å². The molecule has 106 valence electrons. The highest BCUT2D eigenvalue weighted by atomic mass is 35.5. The summed E-state index contributed by atoms with van der Waals surface area (Å²) in [5.41, 5.74) is 4.64. The van der Waals surface area contributed by atoms with E-state index < -0.39 is 0 Å². The lowest BCUT2D eigenvalue weighted by atomic mass is 9.96. The molecule has 0 fully saturated rings. The van der Waals surface area contributed by atoms with E-state index in [1.165, 1.54) is 16.8 Å². The highest BCUT2D eigenvalue weighted by molar-refractivity contribution is 6.38. The number of aromatic nitrogens is 1. The van der Waals surface area contributed by atoms with Crippen LogP contribution in [0.1, 0.15) is 16.8 Å². The summed E-state index contributed by atoms with van der Waals surface area (Å²) in [6.07, 6.45) is 0.975. The molecule has 0 atom stereocenters. The SMILES string of the molecule is CNCc1c2c(nc3cc(Cl)cc(Cl)c13)CCN(C)C2. The lowest BCUT2D eigenvalue weighted by molar-refractivity contribution is 0.309. The molecule has 1 aromatic carbocycles. The van der Waals surface area contributed by atoms with E-state index in [1.807, 2.05) is 13.1 Å². The highest BCUT2D eigenvalue weighted by Crippen LogP contribution is 2.34. The van der Waals surface area contributed by atoms with Gasteiger partial charge in [0, 0.05) is 42.2 Å². The van der Waals surface area contributed by atoms with Crippen LogP contribution in [-0.2, 0) is 19.5 Å². The zero-order valence-corrected chi connectivity index (χ0v) is 13.1. The second-order valence-electron chi connectivity index (χ2n) is 5.32. The molecule has 0 radical (unpaired) electrons. The molecular weight excluding hydrogens is 293 g/mol. The Morgan fingerprint density at radius 1 is 1.35 bits per heavy atom. The van der Waals surface area contributed by atoms with Crippen LogP contribution >= 0.6 is 23.2 Å². The van der Waals surface area contributed by atoms with Gasteiger partial charge in [0.1, 0.15) is 0 Å². The third kappa shape index (κ3) is 2.40. The summed E-state index contributed by atoms with van der Waals surface area (Å²) in [6.45, 7) is 2.75. The number of benzene rings is 1. The Labute approximate surface area is 128 Å². The number of nitrogens with one attached hydrogen (secondary N) is 1. The molecule has 0 spiro atoms. The van der Waals surface area contributed by atoms with Gasteiger partial charge >= 0.3 is 0 Å². The average molecular weight is 310 g/mol. The number of pyridine rings is 1. The minimum absolute atomic E-state index is 0.637. The van der Waals surface area contributed by atoms with Crippen LogP contribution in [0.3, 0.4) is 0 Å². The van der Waals surface area contributed by atoms with Crippen molar-refractivity contribution in [3.63, 3.8) is 0 Å². The summed E-state index contributed by atoms with van der Waals surface area (Å²) in [6, 6.07) is 3.70. The fourth-order valence-corrected chi connectivity index (χ4v) is 3.49. The fraction of sp³-hybridized carbons (Fsp3) is 0.400. The molecule has 1 aromatic heterocycles. The van der Waals surface area contributed by atoms with Gasteiger partial charge in [-0.15, -0.1) is 0 Å². The lowest BCUT2D eigenvalue weighted by Gasteiger charge is -2.27. The van der Waals surface area contributed by atoms with Crippen molar-refractivity contribution in [3.05, 3.63) is 39.0 Å². The minimum Gasteiger partial charge on any atom is -0.316 e. The quantitative estimate of drug-likeness (QED) is 0.923. The number of halogens is 2. The van der Waals surface area contributed by atoms with Crippen molar-refractivity contribution in [2.24, 2.45) is 0 Å². The Morgan fingerprint density at radius 3 is 2.90 bits per heavy atom. The van der Waals surface area contributed by atoms with Crippen molar-refractivity contribution in [3.8, 4) is 0 Å². The van der Waals surface area contributed by atoms with E-state index in [2.05, 4.69) is 17.3 Å². The third-order valence-corrected chi connectivity index (χ3v) is 4.33. The first-order chi connectivity index (χ1) is 9.60. The van der Waals surface area contributed by atoms with Crippen LogP contribution < -0.4 is 5.32 Å². The standard InChI is InChI=1S/C15H17Cl2N3/c1-18-7-10-11-8-20(2)4-3-13(11)19-14-6-9(16)5-12(17)15(10)14/h5-6,18H,3-4,7-8H2,1-2H3. The van der Waals surface area contributed by atoms with Gasteiger partial charge in [0.2, 0.25) is 0 Å². The molecule has 3 nitrogen and oxygen atoms in total. The van der Waals surface area contributed by atoms with Crippen LogP contribution in [0, 0.1) is 0 Å². The third-order valence-electron chi connectivity index (χ3n) is 3.82. The maximum Gasteiger partial charge on any atom is 0.0738 e. The predicted molar refractivity (Wildman–Crippen MR) is 84.6 cm³/mol. The molecule has 1 aliphatic heterocycles. The first kappa shape index (κ1) is 14.1. The Kier molecular flexibility index (Phi) is 3.87. The van der Waals surface area contributed by atoms with Crippen molar-refractivity contribution in [1.82, 2.24) is 15.2 Å². The first-order valence-electron chi connectivity index (χ1n) is 6.72. The highest BCUT2D eigenvalue weighted by Gasteiger charge is 2.21. The molecule has 0 saturated carbocycles. The molecule has 20 heavy (non-hydrogen) atoms. The summed E-state index contributed by atoms with van der Waals surface area (Å²) in [7, 11) is 4.09. The van der Waals surface area contributed by atoms with Gasteiger partial charge < -0.3 is 10.2 Å². The minimum atomic E-state index is 0.637. The van der Waals surface area contributed by atoms with Gasteiger partial charge in [-0.3, -0.25) is 4.98 Å². The molecule has 2 heterocycles. The number of fused-ring (bicyclic) bond motifs is 2. The van der Waals surface area contributed by atoms with E-state index >= 15 is 0 Å². The van der Waals surface area contributed by atoms with E-state index in [9.17, 15) is 0 Å². The maximum atomic E-state index is 6.42. The molecular formula is C15H17Cl2N3. The summed E-state index contributed by atoms with van der Waals surface area (Å²) in [5, 5.41) is 5.59. The van der Waals surface area contributed by atoms with Crippen LogP contribution in [0.2, 0.25) is 10.0 Å². The van der Waals surface area contributed by atoms with Crippen LogP contribution in [0.4, 0.5) is 0 Å². The normalized spacial score (nSPS) is 15.6. The largest absolute Gasteiger partial charge is 0.316 e. The Morgan fingerprint density at radius 2 is 2.15 bits per heavy atom. The van der Waals surface area contributed by atoms with Crippen molar-refractivity contribution >= 4 is 34.1 Å². The lowest BCUT2D eigenvalue weighted by Crippen LogP contribution is -2.29. The smallest absolute Gasteiger partial charge is 0.0738 e. The number of hydrogen-bond acceptors (Lipinski definition) is 3. The molecule has 1 aliphatic rings. The van der Waals surface area contributed by atoms with Crippen LogP contribution in [-0.4, -0.2) is 30.5 Å². The predicted octanol–water partition coefficient (Wildman–Crippen LogP) is 3.25. The van der Waals surface area contributed by atoms with Crippen molar-refractivity contribution in [2.45, 2.75) is 19.5 Å². The van der Waals surface area contributed by atoms with E-state index in [1.54, 1.807) is 6.07 Å². The molecule has 0 aliphatic carbocycles.